The molecule has 0 heterocycles. The van der Waals surface area contributed by atoms with E-state index in [1.54, 1.807) is 86.9 Å². The number of nitrogens with zero attached hydrogens (tertiary/aromatic N) is 3. The molecular weight excluding hydrogens is 626 g/mol. The smallest absolute Gasteiger partial charge is 0.319 e. The first kappa shape index (κ1) is 35.7. The molecule has 4 rings (SSSR count). The fourth-order valence-electron chi connectivity index (χ4n) is 4.78. The number of amides is 5. The van der Waals surface area contributed by atoms with Gasteiger partial charge < -0.3 is 35.2 Å². The number of para-hydroxylation sites is 1. The molecule has 0 saturated carbocycles. The Kier molecular flexibility index (Phi) is 12.1. The molecule has 5 amide bonds. The van der Waals surface area contributed by atoms with Gasteiger partial charge >= 0.3 is 12.0 Å². The summed E-state index contributed by atoms with van der Waals surface area (Å²) in [6.07, 6.45) is 0. The highest BCUT2D eigenvalue weighted by Crippen LogP contribution is 2.24. The lowest BCUT2D eigenvalue weighted by molar-refractivity contribution is -0.138. The third-order valence-electron chi connectivity index (χ3n) is 7.78. The number of hydrogen-bond acceptors (Lipinski definition) is 6. The molecule has 0 fully saturated rings. The zero-order chi connectivity index (χ0) is 35.5. The number of urea groups is 1. The van der Waals surface area contributed by atoms with Gasteiger partial charge in [0.25, 0.3) is 5.91 Å². The average molecular weight is 666 g/mol. The van der Waals surface area contributed by atoms with E-state index in [0.29, 0.717) is 28.4 Å². The van der Waals surface area contributed by atoms with Crippen molar-refractivity contribution in [1.82, 2.24) is 5.32 Å². The fourth-order valence-corrected chi connectivity index (χ4v) is 4.78. The van der Waals surface area contributed by atoms with Gasteiger partial charge in [0.05, 0.1) is 12.5 Å². The molecule has 0 bridgehead atoms. The third-order valence-corrected chi connectivity index (χ3v) is 7.78. The summed E-state index contributed by atoms with van der Waals surface area (Å²) in [6.45, 7) is 2.37. The number of hydrogen-bond donors (Lipinski definition) is 3. The van der Waals surface area contributed by atoms with Crippen LogP contribution in [0.15, 0.2) is 103 Å². The monoisotopic (exact) mass is 665 g/mol. The number of aliphatic carboxylic acids is 1. The quantitative estimate of drug-likeness (QED) is 0.181. The standard InChI is InChI=1S/C37H39N5O7/c1-25-11-8-16-30(19-25)41(4)35(45)24-49-32-18-10-17-31(21-32)42(23-34(44)40(3)29-14-6-5-7-15-29)33(43)22-38-37(48)39-28-13-9-12-27(20-28)26(2)36(46)47/h5-21,26H,22-24H2,1-4H3,(H,46,47)(H2,38,39,48). The molecule has 12 nitrogen and oxygen atoms in total. The third kappa shape index (κ3) is 9.91. The summed E-state index contributed by atoms with van der Waals surface area (Å²) in [5, 5.41) is 14.4. The van der Waals surface area contributed by atoms with Gasteiger partial charge in [0.1, 0.15) is 12.3 Å². The number of benzene rings is 4. The van der Waals surface area contributed by atoms with E-state index in [9.17, 15) is 29.1 Å². The van der Waals surface area contributed by atoms with Gasteiger partial charge in [-0.1, -0.05) is 48.5 Å². The van der Waals surface area contributed by atoms with Crippen molar-refractivity contribution in [1.29, 1.82) is 0 Å². The molecule has 3 N–H and O–H groups in total. The number of carbonyl (C=O) groups excluding carboxylic acids is 4. The van der Waals surface area contributed by atoms with Crippen LogP contribution in [0.25, 0.3) is 0 Å². The van der Waals surface area contributed by atoms with Crippen LogP contribution in [0.1, 0.15) is 24.0 Å². The molecule has 49 heavy (non-hydrogen) atoms. The fraction of sp³-hybridized carbons (Fsp3) is 0.216. The minimum atomic E-state index is -1.00. The van der Waals surface area contributed by atoms with Gasteiger partial charge in [-0.05, 0) is 73.5 Å². The van der Waals surface area contributed by atoms with Crippen molar-refractivity contribution < 1.29 is 33.8 Å². The highest BCUT2D eigenvalue weighted by Gasteiger charge is 2.23. The number of likely N-dealkylation sites (N-methyl/N-ethyl adjacent to an activating group) is 2. The first-order valence-electron chi connectivity index (χ1n) is 15.5. The van der Waals surface area contributed by atoms with Gasteiger partial charge in [0.15, 0.2) is 6.61 Å². The van der Waals surface area contributed by atoms with Gasteiger partial charge in [-0.15, -0.1) is 0 Å². The average Bonchev–Trinajstić information content (AvgIpc) is 3.11. The SMILES string of the molecule is Cc1cccc(N(C)C(=O)COc2cccc(N(CC(=O)N(C)c3ccccc3)C(=O)CNC(=O)Nc3cccc(C(C)C(=O)O)c3)c2)c1. The molecule has 0 aliphatic rings. The number of carbonyl (C=O) groups is 5. The van der Waals surface area contributed by atoms with Crippen LogP contribution in [0, 0.1) is 6.92 Å². The van der Waals surface area contributed by atoms with E-state index < -0.39 is 36.3 Å². The summed E-state index contributed by atoms with van der Waals surface area (Å²) >= 11 is 0. The van der Waals surface area contributed by atoms with Gasteiger partial charge in [0, 0.05) is 42.9 Å². The zero-order valence-electron chi connectivity index (χ0n) is 27.8. The zero-order valence-corrected chi connectivity index (χ0v) is 27.8. The summed E-state index contributed by atoms with van der Waals surface area (Å²) in [5.41, 5.74) is 3.52. The van der Waals surface area contributed by atoms with E-state index in [4.69, 9.17) is 4.74 Å². The van der Waals surface area contributed by atoms with Gasteiger partial charge in [-0.3, -0.25) is 19.2 Å². The van der Waals surface area contributed by atoms with E-state index in [-0.39, 0.29) is 19.1 Å². The predicted molar refractivity (Wildman–Crippen MR) is 188 cm³/mol. The summed E-state index contributed by atoms with van der Waals surface area (Å²) in [5.74, 6) is -2.76. The lowest BCUT2D eigenvalue weighted by Crippen LogP contribution is -2.46. The maximum absolute atomic E-state index is 13.6. The van der Waals surface area contributed by atoms with E-state index in [0.717, 1.165) is 11.3 Å². The van der Waals surface area contributed by atoms with Crippen molar-refractivity contribution in [2.75, 3.05) is 53.8 Å². The molecule has 0 aromatic heterocycles. The molecule has 0 saturated heterocycles. The Morgan fingerprint density at radius 3 is 2.10 bits per heavy atom. The Hall–Kier alpha value is -6.17. The van der Waals surface area contributed by atoms with Crippen molar-refractivity contribution in [2.24, 2.45) is 0 Å². The highest BCUT2D eigenvalue weighted by molar-refractivity contribution is 6.05. The minimum Gasteiger partial charge on any atom is -0.484 e. The second kappa shape index (κ2) is 16.6. The van der Waals surface area contributed by atoms with Crippen LogP contribution in [0.2, 0.25) is 0 Å². The molecule has 1 unspecified atom stereocenters. The second-order valence-electron chi connectivity index (χ2n) is 11.3. The Morgan fingerprint density at radius 2 is 1.39 bits per heavy atom. The van der Waals surface area contributed by atoms with E-state index in [1.807, 2.05) is 37.3 Å². The lowest BCUT2D eigenvalue weighted by Gasteiger charge is -2.26. The molecule has 4 aromatic carbocycles. The maximum atomic E-state index is 13.6. The molecule has 1 atom stereocenters. The van der Waals surface area contributed by atoms with Crippen LogP contribution in [-0.4, -0.2) is 68.6 Å². The predicted octanol–water partition coefficient (Wildman–Crippen LogP) is 5.04. The maximum Gasteiger partial charge on any atom is 0.319 e. The topological polar surface area (TPSA) is 149 Å². The number of rotatable bonds is 13. The van der Waals surface area contributed by atoms with Crippen molar-refractivity contribution in [3.8, 4) is 5.75 Å². The van der Waals surface area contributed by atoms with E-state index in [2.05, 4.69) is 10.6 Å². The normalized spacial score (nSPS) is 11.1. The van der Waals surface area contributed by atoms with Gasteiger partial charge in [-0.2, -0.15) is 0 Å². The van der Waals surface area contributed by atoms with Crippen LogP contribution in [0.5, 0.6) is 5.75 Å². The number of ether oxygens (including phenoxy) is 1. The number of carboxylic acid groups (broad SMARTS) is 1. The molecule has 254 valence electrons. The van der Waals surface area contributed by atoms with Crippen LogP contribution in [0.4, 0.5) is 27.5 Å². The lowest BCUT2D eigenvalue weighted by atomic mass is 10.0. The summed E-state index contributed by atoms with van der Waals surface area (Å²) in [4.78, 5) is 68.1. The van der Waals surface area contributed by atoms with E-state index in [1.165, 1.54) is 21.6 Å². The Morgan fingerprint density at radius 1 is 0.735 bits per heavy atom. The number of aryl methyl sites for hydroxylation is 1. The molecule has 0 aliphatic carbocycles. The van der Waals surface area contributed by atoms with Gasteiger partial charge in [-0.25, -0.2) is 4.79 Å². The Bertz CT molecular complexity index is 1810. The van der Waals surface area contributed by atoms with Crippen LogP contribution in [0.3, 0.4) is 0 Å². The number of anilines is 4. The van der Waals surface area contributed by atoms with Crippen molar-refractivity contribution in [3.63, 3.8) is 0 Å². The van der Waals surface area contributed by atoms with Crippen LogP contribution in [-0.2, 0) is 19.2 Å². The molecule has 0 spiro atoms. The molecule has 0 aliphatic heterocycles. The van der Waals surface area contributed by atoms with Crippen molar-refractivity contribution in [3.05, 3.63) is 114 Å². The van der Waals surface area contributed by atoms with E-state index >= 15 is 0 Å². The number of nitrogens with one attached hydrogen (secondary N) is 2. The first-order chi connectivity index (χ1) is 23.4. The molecule has 0 radical (unpaired) electrons. The van der Waals surface area contributed by atoms with Gasteiger partial charge in [0.2, 0.25) is 11.8 Å². The Labute approximate surface area is 284 Å². The minimum absolute atomic E-state index is 0.272. The summed E-state index contributed by atoms with van der Waals surface area (Å²) < 4.78 is 5.80. The largest absolute Gasteiger partial charge is 0.484 e. The summed E-state index contributed by atoms with van der Waals surface area (Å²) in [6, 6.07) is 28.6. The molecule has 12 heteroatoms. The Balaban J connectivity index is 1.48. The van der Waals surface area contributed by atoms with Crippen LogP contribution < -0.4 is 30.1 Å². The molecule has 4 aromatic rings. The van der Waals surface area contributed by atoms with Crippen LogP contribution >= 0.6 is 0 Å². The van der Waals surface area contributed by atoms with Crippen molar-refractivity contribution >= 4 is 52.5 Å². The number of carboxylic acids is 1. The molecular formula is C37H39N5O7. The summed E-state index contributed by atoms with van der Waals surface area (Å²) in [7, 11) is 3.25. The first-order valence-corrected chi connectivity index (χ1v) is 15.5. The van der Waals surface area contributed by atoms with Crippen molar-refractivity contribution in [2.45, 2.75) is 19.8 Å². The highest BCUT2D eigenvalue weighted by atomic mass is 16.5. The second-order valence-corrected chi connectivity index (χ2v) is 11.3.